The maximum absolute atomic E-state index is 11.4. The van der Waals surface area contributed by atoms with Crippen molar-refractivity contribution in [3.8, 4) is 0 Å². The number of aliphatic carboxylic acids is 2. The zero-order valence-electron chi connectivity index (χ0n) is 9.61. The number of carboxylic acids is 2. The molecular formula is C9H14NNaO5. The largest absolute Gasteiger partial charge is 1.00 e. The predicted molar refractivity (Wildman–Crippen MR) is 50.7 cm³/mol. The van der Waals surface area contributed by atoms with Crippen LogP contribution in [0.1, 0.15) is 26.7 Å². The number of rotatable bonds is 6. The zero-order valence-corrected chi connectivity index (χ0v) is 11.6. The van der Waals surface area contributed by atoms with E-state index in [9.17, 15) is 14.4 Å². The molecule has 0 heterocycles. The minimum atomic E-state index is -1.65. The van der Waals surface area contributed by atoms with Crippen LogP contribution in [0.15, 0.2) is 0 Å². The Morgan fingerprint density at radius 1 is 1.12 bits per heavy atom. The summed E-state index contributed by atoms with van der Waals surface area (Å²) in [5.74, 6) is -4.23. The molecule has 0 unspecified atom stereocenters. The molecular weight excluding hydrogens is 225 g/mol. The average Bonchev–Trinajstić information content (AvgIpc) is 2.15. The molecule has 0 fully saturated rings. The third-order valence-electron chi connectivity index (χ3n) is 2.03. The SMILES string of the molecule is CCC(CC)C(=O)N[C-](C(=O)O)C(=O)O.[Na+]. The number of carbonyl (C=O) groups is 3. The molecule has 0 aromatic rings. The Morgan fingerprint density at radius 2 is 1.50 bits per heavy atom. The molecule has 0 atom stereocenters. The van der Waals surface area contributed by atoms with E-state index in [1.165, 1.54) is 0 Å². The topological polar surface area (TPSA) is 104 Å². The minimum absolute atomic E-state index is 0. The van der Waals surface area contributed by atoms with E-state index < -0.39 is 23.9 Å². The van der Waals surface area contributed by atoms with E-state index in [1.54, 1.807) is 13.8 Å². The monoisotopic (exact) mass is 239 g/mol. The van der Waals surface area contributed by atoms with Crippen molar-refractivity contribution in [2.45, 2.75) is 26.7 Å². The summed E-state index contributed by atoms with van der Waals surface area (Å²) < 4.78 is 0. The maximum Gasteiger partial charge on any atom is 1.00 e. The maximum atomic E-state index is 11.4. The molecule has 0 aromatic heterocycles. The molecule has 0 aliphatic heterocycles. The van der Waals surface area contributed by atoms with Crippen molar-refractivity contribution in [1.82, 2.24) is 5.32 Å². The van der Waals surface area contributed by atoms with Gasteiger partial charge in [-0.2, -0.15) is 0 Å². The molecule has 3 N–H and O–H groups in total. The number of amides is 1. The molecule has 86 valence electrons. The molecule has 6 nitrogen and oxygen atoms in total. The molecule has 0 spiro atoms. The molecule has 0 bridgehead atoms. The predicted octanol–water partition coefficient (Wildman–Crippen LogP) is -2.76. The molecule has 0 saturated carbocycles. The molecule has 0 rings (SSSR count). The summed E-state index contributed by atoms with van der Waals surface area (Å²) in [4.78, 5) is 32.3. The summed E-state index contributed by atoms with van der Waals surface area (Å²) in [5.41, 5.74) is 0. The van der Waals surface area contributed by atoms with Crippen LogP contribution in [0.2, 0.25) is 0 Å². The molecule has 0 aliphatic rings. The fourth-order valence-corrected chi connectivity index (χ4v) is 1.08. The summed E-state index contributed by atoms with van der Waals surface area (Å²) in [6, 6.07) is -1.01. The third-order valence-corrected chi connectivity index (χ3v) is 2.03. The van der Waals surface area contributed by atoms with Crippen LogP contribution in [0.25, 0.3) is 0 Å². The van der Waals surface area contributed by atoms with Gasteiger partial charge in [-0.15, -0.1) is 0 Å². The van der Waals surface area contributed by atoms with Gasteiger partial charge in [0.2, 0.25) is 0 Å². The number of nitrogens with one attached hydrogen (secondary N) is 1. The van der Waals surface area contributed by atoms with Crippen LogP contribution in [0, 0.1) is 12.0 Å². The number of carboxylic acid groups (broad SMARTS) is 2. The van der Waals surface area contributed by atoms with Gasteiger partial charge in [-0.25, -0.2) is 0 Å². The Morgan fingerprint density at radius 3 is 1.75 bits per heavy atom. The summed E-state index contributed by atoms with van der Waals surface area (Å²) in [7, 11) is 0. The molecule has 16 heavy (non-hydrogen) atoms. The van der Waals surface area contributed by atoms with Gasteiger partial charge in [-0.1, -0.05) is 19.9 Å². The second-order valence-electron chi connectivity index (χ2n) is 2.99. The summed E-state index contributed by atoms with van der Waals surface area (Å²) in [6.07, 6.45) is 1.07. The zero-order chi connectivity index (χ0) is 12.0. The molecule has 1 amide bonds. The Balaban J connectivity index is 0. The van der Waals surface area contributed by atoms with E-state index in [1.807, 2.05) is 5.32 Å². The Kier molecular flexibility index (Phi) is 9.31. The van der Waals surface area contributed by atoms with Gasteiger partial charge in [0.1, 0.15) is 0 Å². The smallest absolute Gasteiger partial charge is 0.501 e. The van der Waals surface area contributed by atoms with Crippen LogP contribution in [0.3, 0.4) is 0 Å². The fourth-order valence-electron chi connectivity index (χ4n) is 1.08. The van der Waals surface area contributed by atoms with E-state index in [-0.39, 0.29) is 35.5 Å². The Hall–Kier alpha value is -0.720. The Bertz CT molecular complexity index is 251. The van der Waals surface area contributed by atoms with E-state index in [0.717, 1.165) is 0 Å². The minimum Gasteiger partial charge on any atom is -0.501 e. The molecule has 0 saturated heterocycles. The quantitative estimate of drug-likeness (QED) is 0.265. The first-order valence-corrected chi connectivity index (χ1v) is 4.58. The first kappa shape index (κ1) is 17.7. The Labute approximate surface area is 116 Å². The average molecular weight is 239 g/mol. The van der Waals surface area contributed by atoms with Crippen LogP contribution in [-0.2, 0) is 14.4 Å². The number of carbonyl (C=O) groups excluding carboxylic acids is 1. The number of hydrogen-bond acceptors (Lipinski definition) is 3. The van der Waals surface area contributed by atoms with Gasteiger partial charge in [0.25, 0.3) is 0 Å². The van der Waals surface area contributed by atoms with Gasteiger partial charge in [0.15, 0.2) is 17.8 Å². The second kappa shape index (κ2) is 8.43. The van der Waals surface area contributed by atoms with Crippen molar-refractivity contribution in [3.05, 3.63) is 6.04 Å². The van der Waals surface area contributed by atoms with Gasteiger partial charge >= 0.3 is 29.6 Å². The molecule has 0 aromatic carbocycles. The second-order valence-corrected chi connectivity index (χ2v) is 2.99. The normalized spacial score (nSPS) is 9.19. The van der Waals surface area contributed by atoms with Gasteiger partial charge in [0, 0.05) is 5.92 Å². The first-order valence-electron chi connectivity index (χ1n) is 4.58. The van der Waals surface area contributed by atoms with Gasteiger partial charge in [-0.3, -0.25) is 14.4 Å². The van der Waals surface area contributed by atoms with Crippen LogP contribution < -0.4 is 34.9 Å². The van der Waals surface area contributed by atoms with Crippen LogP contribution in [0.4, 0.5) is 0 Å². The van der Waals surface area contributed by atoms with Gasteiger partial charge in [0.05, 0.1) is 0 Å². The van der Waals surface area contributed by atoms with Crippen molar-refractivity contribution in [3.63, 3.8) is 0 Å². The van der Waals surface area contributed by atoms with Gasteiger partial charge in [-0.05, 0) is 12.8 Å². The van der Waals surface area contributed by atoms with E-state index in [2.05, 4.69) is 0 Å². The van der Waals surface area contributed by atoms with Gasteiger partial charge < -0.3 is 15.5 Å². The van der Waals surface area contributed by atoms with Crippen molar-refractivity contribution in [1.29, 1.82) is 0 Å². The van der Waals surface area contributed by atoms with Crippen LogP contribution in [-0.4, -0.2) is 28.1 Å². The standard InChI is InChI=1S/C9H14NO5.Na/c1-3-5(4-2)7(11)10-6(8(12)13)9(14)15;/h5H,3-4H2,1-2H3,(H,10,11)(H,12,13)(H,14,15);/q-1;+1. The number of hydrogen-bond donors (Lipinski definition) is 3. The summed E-state index contributed by atoms with van der Waals surface area (Å²) >= 11 is 0. The summed E-state index contributed by atoms with van der Waals surface area (Å²) in [5, 5.41) is 18.9. The van der Waals surface area contributed by atoms with Crippen LogP contribution in [0.5, 0.6) is 0 Å². The van der Waals surface area contributed by atoms with Crippen LogP contribution >= 0.6 is 0 Å². The fraction of sp³-hybridized carbons (Fsp3) is 0.556. The van der Waals surface area contributed by atoms with E-state index in [4.69, 9.17) is 10.2 Å². The van der Waals surface area contributed by atoms with E-state index >= 15 is 0 Å². The van der Waals surface area contributed by atoms with Crippen molar-refractivity contribution >= 4 is 17.8 Å². The molecule has 7 heteroatoms. The van der Waals surface area contributed by atoms with Crippen molar-refractivity contribution in [2.75, 3.05) is 0 Å². The van der Waals surface area contributed by atoms with Crippen molar-refractivity contribution < 1.29 is 54.2 Å². The molecule has 0 aliphatic carbocycles. The first-order chi connectivity index (χ1) is 6.93. The molecule has 0 radical (unpaired) electrons. The summed E-state index contributed by atoms with van der Waals surface area (Å²) in [6.45, 7) is 3.55. The van der Waals surface area contributed by atoms with E-state index in [0.29, 0.717) is 12.8 Å². The van der Waals surface area contributed by atoms with Crippen molar-refractivity contribution in [2.24, 2.45) is 5.92 Å². The third kappa shape index (κ3) is 5.39.